The summed E-state index contributed by atoms with van der Waals surface area (Å²) >= 11 is 0. The first-order valence-electron chi connectivity index (χ1n) is 9.73. The average Bonchev–Trinajstić information content (AvgIpc) is 3.10. The van der Waals surface area contributed by atoms with Crippen molar-refractivity contribution in [3.63, 3.8) is 0 Å². The molecule has 1 aliphatic carbocycles. The van der Waals surface area contributed by atoms with Crippen LogP contribution in [0.2, 0.25) is 0 Å². The summed E-state index contributed by atoms with van der Waals surface area (Å²) in [6, 6.07) is 6.62. The fourth-order valence-corrected chi connectivity index (χ4v) is 4.07. The van der Waals surface area contributed by atoms with Gasteiger partial charge in [0, 0.05) is 25.7 Å². The number of carbonyl (C=O) groups is 2. The van der Waals surface area contributed by atoms with E-state index in [-0.39, 0.29) is 30.5 Å². The van der Waals surface area contributed by atoms with Crippen LogP contribution in [0.3, 0.4) is 0 Å². The zero-order chi connectivity index (χ0) is 20.1. The molecule has 1 heterocycles. The van der Waals surface area contributed by atoms with Crippen molar-refractivity contribution in [2.45, 2.75) is 37.3 Å². The third-order valence-electron chi connectivity index (χ3n) is 5.45. The van der Waals surface area contributed by atoms with Crippen LogP contribution < -0.4 is 5.32 Å². The number of hydrogen-bond acceptors (Lipinski definition) is 4. The first-order chi connectivity index (χ1) is 13.4. The first-order valence-corrected chi connectivity index (χ1v) is 9.73. The van der Waals surface area contributed by atoms with E-state index in [4.69, 9.17) is 9.84 Å². The Morgan fingerprint density at radius 2 is 2.07 bits per heavy atom. The first kappa shape index (κ1) is 20.5. The van der Waals surface area contributed by atoms with Gasteiger partial charge in [-0.2, -0.15) is 0 Å². The highest BCUT2D eigenvalue weighted by atomic mass is 19.1. The third-order valence-corrected chi connectivity index (χ3v) is 5.45. The van der Waals surface area contributed by atoms with Gasteiger partial charge in [0.25, 0.3) is 0 Å². The number of carboxylic acids is 1. The number of ether oxygens (including phenoxy) is 1. The van der Waals surface area contributed by atoms with Crippen LogP contribution >= 0.6 is 0 Å². The Balaban J connectivity index is 1.46. The number of nitrogens with zero attached hydrogens (tertiary/aromatic N) is 2. The highest BCUT2D eigenvalue weighted by molar-refractivity contribution is 5.74. The van der Waals surface area contributed by atoms with Crippen molar-refractivity contribution in [1.29, 1.82) is 0 Å². The minimum atomic E-state index is -0.884. The summed E-state index contributed by atoms with van der Waals surface area (Å²) in [4.78, 5) is 26.9. The van der Waals surface area contributed by atoms with Crippen molar-refractivity contribution in [2.75, 3.05) is 39.8 Å². The Hall–Kier alpha value is -2.19. The molecular formula is C20H28FN3O4. The summed E-state index contributed by atoms with van der Waals surface area (Å²) in [7, 11) is 1.73. The molecule has 2 N–H and O–H groups in total. The van der Waals surface area contributed by atoms with E-state index in [2.05, 4.69) is 5.32 Å². The van der Waals surface area contributed by atoms with Gasteiger partial charge in [0.2, 0.25) is 0 Å². The van der Waals surface area contributed by atoms with Crippen molar-refractivity contribution in [3.05, 3.63) is 35.6 Å². The van der Waals surface area contributed by atoms with E-state index in [0.717, 1.165) is 24.8 Å². The summed E-state index contributed by atoms with van der Waals surface area (Å²) in [5, 5.41) is 12.0. The zero-order valence-electron chi connectivity index (χ0n) is 16.1. The maximum absolute atomic E-state index is 13.1. The molecule has 2 fully saturated rings. The van der Waals surface area contributed by atoms with Crippen molar-refractivity contribution in [1.82, 2.24) is 15.1 Å². The molecule has 1 saturated heterocycles. The number of morpholine rings is 1. The van der Waals surface area contributed by atoms with Gasteiger partial charge in [-0.25, -0.2) is 9.18 Å². The molecule has 0 radical (unpaired) electrons. The molecule has 0 bridgehead atoms. The monoisotopic (exact) mass is 393 g/mol. The van der Waals surface area contributed by atoms with E-state index >= 15 is 0 Å². The molecule has 28 heavy (non-hydrogen) atoms. The summed E-state index contributed by atoms with van der Waals surface area (Å²) in [6.45, 7) is 1.83. The number of aliphatic carboxylic acids is 1. The van der Waals surface area contributed by atoms with Crippen LogP contribution in [0.1, 0.15) is 30.7 Å². The molecule has 0 spiro atoms. The van der Waals surface area contributed by atoms with E-state index in [1.54, 1.807) is 16.8 Å². The van der Waals surface area contributed by atoms with E-state index in [1.807, 2.05) is 12.1 Å². The van der Waals surface area contributed by atoms with Crippen molar-refractivity contribution >= 4 is 12.0 Å². The molecule has 8 heteroatoms. The second-order valence-corrected chi connectivity index (χ2v) is 7.74. The smallest absolute Gasteiger partial charge is 0.317 e. The Kier molecular flexibility index (Phi) is 6.85. The lowest BCUT2D eigenvalue weighted by atomic mass is 9.97. The van der Waals surface area contributed by atoms with Gasteiger partial charge in [0.1, 0.15) is 5.82 Å². The minimum absolute atomic E-state index is 0.0566. The second-order valence-electron chi connectivity index (χ2n) is 7.74. The van der Waals surface area contributed by atoms with Crippen LogP contribution in [0, 0.1) is 5.82 Å². The molecule has 0 aromatic heterocycles. The number of halogens is 1. The Morgan fingerprint density at radius 3 is 2.79 bits per heavy atom. The maximum atomic E-state index is 13.1. The third kappa shape index (κ3) is 5.65. The summed E-state index contributed by atoms with van der Waals surface area (Å²) in [6.07, 6.45) is 2.54. The summed E-state index contributed by atoms with van der Waals surface area (Å²) in [5.41, 5.74) is 1.12. The van der Waals surface area contributed by atoms with Crippen LogP contribution in [-0.2, 0) is 9.53 Å². The average molecular weight is 393 g/mol. The standard InChI is InChI=1S/C20H28FN3O4/c1-23(13-19(25)26)11-18-12-24(8-9-28-18)20(27)22-17-7-4-15(10-17)14-2-5-16(21)6-3-14/h2-3,5-6,15,17-18H,4,7-13H2,1H3,(H,22,27)(H,25,26). The number of nitrogens with one attached hydrogen (secondary N) is 1. The van der Waals surface area contributed by atoms with Gasteiger partial charge in [-0.15, -0.1) is 0 Å². The number of hydrogen-bond donors (Lipinski definition) is 2. The molecule has 2 aliphatic rings. The van der Waals surface area contributed by atoms with Crippen LogP contribution in [0.5, 0.6) is 0 Å². The van der Waals surface area contributed by atoms with Gasteiger partial charge in [0.05, 0.1) is 19.3 Å². The van der Waals surface area contributed by atoms with Crippen LogP contribution in [0.25, 0.3) is 0 Å². The number of amides is 2. The highest BCUT2D eigenvalue weighted by Gasteiger charge is 2.30. The molecule has 1 saturated carbocycles. The fraction of sp³-hybridized carbons (Fsp3) is 0.600. The zero-order valence-corrected chi connectivity index (χ0v) is 16.1. The van der Waals surface area contributed by atoms with Crippen molar-refractivity contribution < 1.29 is 23.8 Å². The fourth-order valence-electron chi connectivity index (χ4n) is 4.07. The molecule has 3 unspecified atom stereocenters. The SMILES string of the molecule is CN(CC(=O)O)CC1CN(C(=O)NC2CCC(c3ccc(F)cc3)C2)CCO1. The van der Waals surface area contributed by atoms with E-state index in [9.17, 15) is 14.0 Å². The van der Waals surface area contributed by atoms with E-state index in [0.29, 0.717) is 32.2 Å². The van der Waals surface area contributed by atoms with Gasteiger partial charge in [-0.1, -0.05) is 12.1 Å². The minimum Gasteiger partial charge on any atom is -0.480 e. The van der Waals surface area contributed by atoms with Crippen molar-refractivity contribution in [2.24, 2.45) is 0 Å². The van der Waals surface area contributed by atoms with Gasteiger partial charge in [0.15, 0.2) is 0 Å². The van der Waals surface area contributed by atoms with Crippen LogP contribution in [-0.4, -0.2) is 78.9 Å². The highest BCUT2D eigenvalue weighted by Crippen LogP contribution is 2.34. The van der Waals surface area contributed by atoms with Crippen molar-refractivity contribution in [3.8, 4) is 0 Å². The molecule has 1 aromatic carbocycles. The lowest BCUT2D eigenvalue weighted by molar-refractivity contribution is -0.138. The molecule has 1 aromatic rings. The lowest BCUT2D eigenvalue weighted by Gasteiger charge is -2.35. The molecule has 3 rings (SSSR count). The molecule has 2 amide bonds. The Bertz CT molecular complexity index is 685. The largest absolute Gasteiger partial charge is 0.480 e. The predicted octanol–water partition coefficient (Wildman–Crippen LogP) is 1.89. The molecule has 154 valence electrons. The number of likely N-dealkylation sites (N-methyl/N-ethyl adjacent to an activating group) is 1. The number of carboxylic acid groups (broad SMARTS) is 1. The van der Waals surface area contributed by atoms with Gasteiger partial charge in [-0.3, -0.25) is 9.69 Å². The molecule has 1 aliphatic heterocycles. The quantitative estimate of drug-likeness (QED) is 0.771. The normalized spacial score (nSPS) is 25.1. The predicted molar refractivity (Wildman–Crippen MR) is 102 cm³/mol. The van der Waals surface area contributed by atoms with Crippen LogP contribution in [0.4, 0.5) is 9.18 Å². The number of urea groups is 1. The van der Waals surface area contributed by atoms with E-state index < -0.39 is 5.97 Å². The second kappa shape index (κ2) is 9.34. The Morgan fingerprint density at radius 1 is 1.32 bits per heavy atom. The summed E-state index contributed by atoms with van der Waals surface area (Å²) in [5.74, 6) is -0.777. The lowest BCUT2D eigenvalue weighted by Crippen LogP contribution is -2.53. The molecule has 7 nitrogen and oxygen atoms in total. The number of carbonyl (C=O) groups excluding carboxylic acids is 1. The number of rotatable bonds is 6. The Labute approximate surface area is 164 Å². The maximum Gasteiger partial charge on any atom is 0.317 e. The molecular weight excluding hydrogens is 365 g/mol. The number of benzene rings is 1. The van der Waals surface area contributed by atoms with Gasteiger partial charge in [-0.05, 0) is 49.9 Å². The van der Waals surface area contributed by atoms with Gasteiger partial charge >= 0.3 is 12.0 Å². The van der Waals surface area contributed by atoms with Gasteiger partial charge < -0.3 is 20.1 Å². The van der Waals surface area contributed by atoms with Crippen LogP contribution in [0.15, 0.2) is 24.3 Å². The van der Waals surface area contributed by atoms with E-state index in [1.165, 1.54) is 12.1 Å². The topological polar surface area (TPSA) is 82.1 Å². The summed E-state index contributed by atoms with van der Waals surface area (Å²) < 4.78 is 18.8. The molecule has 3 atom stereocenters.